The molecule has 4 fully saturated rings. The molecule has 2 aromatic heterocycles. The number of pyridine rings is 1. The number of phenolic OH excluding ortho intramolecular Hbond substituents is 1. The molecule has 8 rings (SSSR count). The Morgan fingerprint density at radius 3 is 2.82 bits per heavy atom. The lowest BCUT2D eigenvalue weighted by molar-refractivity contribution is -0.00223. The summed E-state index contributed by atoms with van der Waals surface area (Å²) in [6, 6.07) is 6.04. The van der Waals surface area contributed by atoms with Crippen LogP contribution in [0.2, 0.25) is 0 Å². The number of piperidine rings is 1. The summed E-state index contributed by atoms with van der Waals surface area (Å²) >= 11 is 0. The molecule has 3 saturated heterocycles. The van der Waals surface area contributed by atoms with Crippen LogP contribution >= 0.6 is 0 Å². The number of fused-ring (bicyclic) bond motifs is 3. The summed E-state index contributed by atoms with van der Waals surface area (Å²) in [5.74, 6) is 3.63. The van der Waals surface area contributed by atoms with Gasteiger partial charge >= 0.3 is 6.01 Å². The molecular weight excluding hydrogens is 673 g/mol. The van der Waals surface area contributed by atoms with E-state index in [1.807, 2.05) is 0 Å². The Balaban J connectivity index is 1.16. The summed E-state index contributed by atoms with van der Waals surface area (Å²) in [7, 11) is -0.664. The number of anilines is 1. The number of phenols is 1. The molecule has 0 radical (unpaired) electrons. The number of benzene rings is 2. The third kappa shape index (κ3) is 6.53. The predicted molar refractivity (Wildman–Crippen MR) is 194 cm³/mol. The van der Waals surface area contributed by atoms with Crippen molar-refractivity contribution in [2.24, 2.45) is 11.3 Å². The molecule has 1 N–H and O–H groups in total. The van der Waals surface area contributed by atoms with Gasteiger partial charge in [0.2, 0.25) is 0 Å². The monoisotopic (exact) mass is 715 g/mol. The Bertz CT molecular complexity index is 2030. The maximum atomic E-state index is 17.0. The highest BCUT2D eigenvalue weighted by atomic mass is 32.2. The highest BCUT2D eigenvalue weighted by Gasteiger charge is 2.48. The minimum atomic E-state index is -0.736. The predicted octanol–water partition coefficient (Wildman–Crippen LogP) is 6.21. The topological polar surface area (TPSA) is 101 Å². The number of ether oxygens (including phenoxy) is 2. The molecule has 9 nitrogen and oxygen atoms in total. The van der Waals surface area contributed by atoms with Crippen molar-refractivity contribution < 1.29 is 27.6 Å². The summed E-state index contributed by atoms with van der Waals surface area (Å²) in [4.78, 5) is 18.8. The van der Waals surface area contributed by atoms with Gasteiger partial charge in [-0.3, -0.25) is 14.1 Å². The number of aromatic nitrogens is 3. The largest absolute Gasteiger partial charge is 0.508 e. The Morgan fingerprint density at radius 1 is 1.10 bits per heavy atom. The van der Waals surface area contributed by atoms with E-state index in [1.165, 1.54) is 30.5 Å². The van der Waals surface area contributed by atoms with Gasteiger partial charge in [-0.25, -0.2) is 8.78 Å². The van der Waals surface area contributed by atoms with Crippen molar-refractivity contribution in [2.45, 2.75) is 57.4 Å². The van der Waals surface area contributed by atoms with Gasteiger partial charge in [-0.15, -0.1) is 6.42 Å². The van der Waals surface area contributed by atoms with Gasteiger partial charge in [0.25, 0.3) is 0 Å². The molecule has 12 heteroatoms. The van der Waals surface area contributed by atoms with Crippen LogP contribution in [0.25, 0.3) is 32.9 Å². The molecule has 0 amide bonds. The van der Waals surface area contributed by atoms with Gasteiger partial charge in [0, 0.05) is 70.6 Å². The van der Waals surface area contributed by atoms with E-state index in [4.69, 9.17) is 20.9 Å². The quantitative estimate of drug-likeness (QED) is 0.214. The lowest BCUT2D eigenvalue weighted by Crippen LogP contribution is -2.52. The first-order valence-corrected chi connectivity index (χ1v) is 19.7. The molecule has 1 saturated carbocycles. The number of hydrogen-bond donors (Lipinski definition) is 1. The lowest BCUT2D eigenvalue weighted by atomic mass is 9.75. The van der Waals surface area contributed by atoms with Crippen LogP contribution in [-0.4, -0.2) is 92.7 Å². The standard InChI is InChI=1S/C39H43F2N5O4S/c1-2-28-31(40)8-7-26-20-27(47)21-29(33(26)28)35-34(41)36-30(22-42-35)37(46-14-5-17-49-18-16-46)44-38(43-36)50-24-39-11-3-6-32(39)45(13-4-12-39)15-9-25-10-19-51(48)23-25/h1,7-8,20-22,25,32,47H,3-6,9-19,23-24H2. The molecule has 4 aromatic rings. The molecule has 51 heavy (non-hydrogen) atoms. The van der Waals surface area contributed by atoms with Crippen LogP contribution in [-0.2, 0) is 15.5 Å². The van der Waals surface area contributed by atoms with Crippen LogP contribution in [0.15, 0.2) is 30.5 Å². The summed E-state index contributed by atoms with van der Waals surface area (Å²) in [6.07, 6.45) is 15.6. The van der Waals surface area contributed by atoms with E-state index in [0.29, 0.717) is 61.5 Å². The number of aromatic hydroxyl groups is 1. The minimum absolute atomic E-state index is 0.0278. The Kier molecular flexibility index (Phi) is 9.55. The normalized spacial score (nSPS) is 25.6. The Hall–Kier alpha value is -3.92. The summed E-state index contributed by atoms with van der Waals surface area (Å²) < 4.78 is 56.1. The SMILES string of the molecule is C#Cc1c(F)ccc2cc(O)cc(-c3ncc4c(N5CCCOCC5)nc(OCC56CCCC5N(CCC5CCS(=O)C5)CCC6)nc4c3F)c12. The van der Waals surface area contributed by atoms with E-state index in [0.717, 1.165) is 76.0 Å². The summed E-state index contributed by atoms with van der Waals surface area (Å²) in [5, 5.41) is 11.8. The molecule has 2 aromatic carbocycles. The van der Waals surface area contributed by atoms with Crippen LogP contribution in [0.5, 0.6) is 11.8 Å². The van der Waals surface area contributed by atoms with E-state index in [-0.39, 0.29) is 44.9 Å². The third-order valence-corrected chi connectivity index (χ3v) is 13.1. The second-order valence-electron chi connectivity index (χ2n) is 14.6. The molecule has 0 bridgehead atoms. The van der Waals surface area contributed by atoms with Crippen LogP contribution in [0.1, 0.15) is 56.9 Å². The first-order valence-electron chi connectivity index (χ1n) is 18.2. The zero-order chi connectivity index (χ0) is 35.1. The van der Waals surface area contributed by atoms with E-state index in [2.05, 4.69) is 25.7 Å². The van der Waals surface area contributed by atoms with Crippen LogP contribution in [0.3, 0.4) is 0 Å². The van der Waals surface area contributed by atoms with Crippen LogP contribution in [0, 0.1) is 35.3 Å². The van der Waals surface area contributed by atoms with Crippen molar-refractivity contribution in [3.8, 4) is 35.4 Å². The fourth-order valence-electron chi connectivity index (χ4n) is 9.02. The zero-order valence-corrected chi connectivity index (χ0v) is 29.5. The fourth-order valence-corrected chi connectivity index (χ4v) is 10.6. The first-order chi connectivity index (χ1) is 24.8. The molecule has 0 spiro atoms. The van der Waals surface area contributed by atoms with Gasteiger partial charge in [0.05, 0.1) is 24.2 Å². The number of hydrogen-bond acceptors (Lipinski definition) is 9. The number of likely N-dealkylation sites (tertiary alicyclic amines) is 1. The molecule has 4 atom stereocenters. The number of nitrogens with zero attached hydrogens (tertiary/aromatic N) is 5. The Labute approximate surface area is 299 Å². The highest BCUT2D eigenvalue weighted by Crippen LogP contribution is 2.48. The maximum absolute atomic E-state index is 17.0. The maximum Gasteiger partial charge on any atom is 0.319 e. The van der Waals surface area contributed by atoms with Gasteiger partial charge in [-0.1, -0.05) is 18.4 Å². The van der Waals surface area contributed by atoms with Crippen molar-refractivity contribution >= 4 is 38.3 Å². The second-order valence-corrected chi connectivity index (χ2v) is 16.2. The van der Waals surface area contributed by atoms with Crippen molar-refractivity contribution in [2.75, 3.05) is 62.4 Å². The Morgan fingerprint density at radius 2 is 1.98 bits per heavy atom. The van der Waals surface area contributed by atoms with E-state index in [9.17, 15) is 13.7 Å². The summed E-state index contributed by atoms with van der Waals surface area (Å²) in [6.45, 7) is 4.85. The number of terminal acetylenes is 1. The van der Waals surface area contributed by atoms with Gasteiger partial charge in [-0.05, 0) is 87.5 Å². The molecule has 4 aliphatic rings. The van der Waals surface area contributed by atoms with Crippen LogP contribution in [0.4, 0.5) is 14.6 Å². The average molecular weight is 716 g/mol. The van der Waals surface area contributed by atoms with Crippen molar-refractivity contribution in [3.63, 3.8) is 0 Å². The zero-order valence-electron chi connectivity index (χ0n) is 28.7. The smallest absolute Gasteiger partial charge is 0.319 e. The van der Waals surface area contributed by atoms with E-state index >= 15 is 4.39 Å². The van der Waals surface area contributed by atoms with Gasteiger partial charge in [0.1, 0.15) is 28.6 Å². The minimum Gasteiger partial charge on any atom is -0.508 e. The van der Waals surface area contributed by atoms with Crippen molar-refractivity contribution in [3.05, 3.63) is 47.7 Å². The molecular formula is C39H43F2N5O4S. The van der Waals surface area contributed by atoms with Crippen molar-refractivity contribution in [1.82, 2.24) is 19.9 Å². The molecule has 268 valence electrons. The third-order valence-electron chi connectivity index (χ3n) is 11.5. The number of halogens is 2. The molecule has 1 aliphatic carbocycles. The summed E-state index contributed by atoms with van der Waals surface area (Å²) in [5.41, 5.74) is 0.000190. The second kappa shape index (κ2) is 14.2. The average Bonchev–Trinajstić information content (AvgIpc) is 3.66. The van der Waals surface area contributed by atoms with E-state index < -0.39 is 22.4 Å². The highest BCUT2D eigenvalue weighted by molar-refractivity contribution is 7.85. The molecule has 5 heterocycles. The fraction of sp³-hybridized carbons (Fsp3) is 0.513. The van der Waals surface area contributed by atoms with E-state index in [1.54, 1.807) is 0 Å². The molecule has 3 aliphatic heterocycles. The van der Waals surface area contributed by atoms with Gasteiger partial charge in [0.15, 0.2) is 5.82 Å². The van der Waals surface area contributed by atoms with Gasteiger partial charge < -0.3 is 19.5 Å². The molecule has 4 unspecified atom stereocenters. The van der Waals surface area contributed by atoms with Crippen LogP contribution < -0.4 is 9.64 Å². The first kappa shape index (κ1) is 34.2. The van der Waals surface area contributed by atoms with Gasteiger partial charge in [-0.2, -0.15) is 9.97 Å². The van der Waals surface area contributed by atoms with Crippen molar-refractivity contribution in [1.29, 1.82) is 0 Å². The lowest BCUT2D eigenvalue weighted by Gasteiger charge is -2.46. The number of rotatable bonds is 8.